The first-order valence-electron chi connectivity index (χ1n) is 2.39. The van der Waals surface area contributed by atoms with Crippen molar-refractivity contribution in [3.05, 3.63) is 6.08 Å². The summed E-state index contributed by atoms with van der Waals surface area (Å²) >= 11 is 0. The van der Waals surface area contributed by atoms with E-state index in [0.717, 1.165) is 0 Å². The maximum Gasteiger partial charge on any atom is 0.317 e. The number of aliphatic carboxylic acids is 1. The average Bonchev–Trinajstić information content (AvgIpc) is 1.80. The van der Waals surface area contributed by atoms with Gasteiger partial charge in [-0.2, -0.15) is 0 Å². The molecule has 4 heteroatoms. The zero-order valence-corrected chi connectivity index (χ0v) is 4.76. The van der Waals surface area contributed by atoms with Crippen molar-refractivity contribution in [3.8, 4) is 0 Å². The Morgan fingerprint density at radius 2 is 2.44 bits per heavy atom. The number of carboxylic acids is 1. The Bertz CT molecular complexity index is 135. The highest BCUT2D eigenvalue weighted by Crippen LogP contribution is 1.60. The molecule has 0 amide bonds. The van der Waals surface area contributed by atoms with Crippen LogP contribution in [0.15, 0.2) is 6.08 Å². The van der Waals surface area contributed by atoms with Crippen molar-refractivity contribution in [1.82, 2.24) is 5.32 Å². The van der Waals surface area contributed by atoms with Crippen molar-refractivity contribution in [2.24, 2.45) is 0 Å². The van der Waals surface area contributed by atoms with Gasteiger partial charge in [-0.3, -0.25) is 4.79 Å². The molecule has 0 fully saturated rings. The van der Waals surface area contributed by atoms with Gasteiger partial charge in [-0.15, -0.1) is 0 Å². The van der Waals surface area contributed by atoms with Crippen molar-refractivity contribution in [2.75, 3.05) is 13.1 Å². The van der Waals surface area contributed by atoms with Crippen LogP contribution in [0.2, 0.25) is 0 Å². The highest BCUT2D eigenvalue weighted by atomic mass is 16.4. The molecule has 0 aliphatic heterocycles. The summed E-state index contributed by atoms with van der Waals surface area (Å²) in [6.07, 6.45) is 1.18. The van der Waals surface area contributed by atoms with Crippen molar-refractivity contribution in [2.45, 2.75) is 0 Å². The molecule has 0 bridgehead atoms. The van der Waals surface area contributed by atoms with Crippen LogP contribution in [-0.4, -0.2) is 30.1 Å². The SMILES string of the molecule is O=C=CCNCC(=O)O. The second-order valence-corrected chi connectivity index (χ2v) is 1.35. The molecule has 0 aromatic heterocycles. The van der Waals surface area contributed by atoms with Gasteiger partial charge in [0.2, 0.25) is 0 Å². The molecule has 0 aromatic rings. The normalized spacial score (nSPS) is 8.00. The number of carbonyl (C=O) groups is 1. The lowest BCUT2D eigenvalue weighted by molar-refractivity contribution is -0.135. The molecule has 0 spiro atoms. The Labute approximate surface area is 52.2 Å². The highest BCUT2D eigenvalue weighted by molar-refractivity contribution is 5.69. The first-order chi connectivity index (χ1) is 4.27. The van der Waals surface area contributed by atoms with Gasteiger partial charge in [-0.05, 0) is 0 Å². The minimum Gasteiger partial charge on any atom is -0.480 e. The summed E-state index contributed by atoms with van der Waals surface area (Å²) in [4.78, 5) is 19.3. The fraction of sp³-hybridized carbons (Fsp3) is 0.400. The van der Waals surface area contributed by atoms with E-state index in [1.165, 1.54) is 12.0 Å². The molecule has 0 atom stereocenters. The summed E-state index contributed by atoms with van der Waals surface area (Å²) in [7, 11) is 0. The van der Waals surface area contributed by atoms with Crippen molar-refractivity contribution in [3.63, 3.8) is 0 Å². The summed E-state index contributed by atoms with van der Waals surface area (Å²) in [5.74, 6) is 0.575. The minimum atomic E-state index is -0.936. The van der Waals surface area contributed by atoms with Crippen LogP contribution in [0.1, 0.15) is 0 Å². The third-order valence-electron chi connectivity index (χ3n) is 0.606. The lowest BCUT2D eigenvalue weighted by Crippen LogP contribution is -2.22. The highest BCUT2D eigenvalue weighted by Gasteiger charge is 1.90. The number of rotatable bonds is 4. The molecule has 9 heavy (non-hydrogen) atoms. The smallest absolute Gasteiger partial charge is 0.317 e. The van der Waals surface area contributed by atoms with E-state index in [4.69, 9.17) is 5.11 Å². The lowest BCUT2D eigenvalue weighted by atomic mass is 10.6. The van der Waals surface area contributed by atoms with Gasteiger partial charge in [-0.1, -0.05) is 0 Å². The van der Waals surface area contributed by atoms with Gasteiger partial charge in [0.15, 0.2) is 0 Å². The zero-order valence-electron chi connectivity index (χ0n) is 4.76. The molecule has 0 rings (SSSR count). The van der Waals surface area contributed by atoms with Crippen LogP contribution >= 0.6 is 0 Å². The molecule has 0 saturated carbocycles. The zero-order chi connectivity index (χ0) is 7.11. The Morgan fingerprint density at radius 3 is 2.89 bits per heavy atom. The minimum absolute atomic E-state index is 0.127. The predicted molar refractivity (Wildman–Crippen MR) is 30.8 cm³/mol. The maximum atomic E-state index is 9.79. The molecular formula is C5H7NO3. The molecular weight excluding hydrogens is 122 g/mol. The van der Waals surface area contributed by atoms with E-state index in [2.05, 4.69) is 5.32 Å². The average molecular weight is 129 g/mol. The van der Waals surface area contributed by atoms with Gasteiger partial charge < -0.3 is 10.4 Å². The van der Waals surface area contributed by atoms with Gasteiger partial charge in [0, 0.05) is 12.6 Å². The Hall–Kier alpha value is -1.12. The first kappa shape index (κ1) is 7.88. The summed E-state index contributed by atoms with van der Waals surface area (Å²) in [6, 6.07) is 0. The largest absolute Gasteiger partial charge is 0.480 e. The predicted octanol–water partition coefficient (Wildman–Crippen LogP) is -0.952. The van der Waals surface area contributed by atoms with E-state index in [0.29, 0.717) is 0 Å². The van der Waals surface area contributed by atoms with Crippen LogP contribution in [0.4, 0.5) is 0 Å². The first-order valence-corrected chi connectivity index (χ1v) is 2.39. The number of carbonyl (C=O) groups excluding carboxylic acids is 1. The van der Waals surface area contributed by atoms with E-state index < -0.39 is 5.97 Å². The fourth-order valence-electron chi connectivity index (χ4n) is 0.293. The second kappa shape index (κ2) is 5.03. The van der Waals surface area contributed by atoms with Crippen molar-refractivity contribution in [1.29, 1.82) is 0 Å². The molecule has 0 aliphatic rings. The van der Waals surface area contributed by atoms with E-state index in [9.17, 15) is 9.59 Å². The molecule has 0 unspecified atom stereocenters. The molecule has 0 aliphatic carbocycles. The Kier molecular flexibility index (Phi) is 4.40. The van der Waals surface area contributed by atoms with Gasteiger partial charge in [0.25, 0.3) is 0 Å². The van der Waals surface area contributed by atoms with Gasteiger partial charge in [0.05, 0.1) is 6.54 Å². The lowest BCUT2D eigenvalue weighted by Gasteiger charge is -1.91. The Balaban J connectivity index is 3.10. The molecule has 0 saturated heterocycles. The summed E-state index contributed by atoms with van der Waals surface area (Å²) < 4.78 is 0. The summed E-state index contributed by atoms with van der Waals surface area (Å²) in [5, 5.41) is 10.5. The van der Waals surface area contributed by atoms with Crippen LogP contribution in [-0.2, 0) is 9.59 Å². The van der Waals surface area contributed by atoms with Crippen LogP contribution in [0.5, 0.6) is 0 Å². The topological polar surface area (TPSA) is 66.4 Å². The third-order valence-corrected chi connectivity index (χ3v) is 0.606. The standard InChI is InChI=1S/C5H7NO3/c7-3-1-2-6-4-5(8)9/h1,6H,2,4H2,(H,8,9). The quantitative estimate of drug-likeness (QED) is 0.379. The van der Waals surface area contributed by atoms with Gasteiger partial charge in [-0.25, -0.2) is 4.79 Å². The summed E-state index contributed by atoms with van der Waals surface area (Å²) in [6.45, 7) is 0.133. The number of carboxylic acid groups (broad SMARTS) is 1. The fourth-order valence-corrected chi connectivity index (χ4v) is 0.293. The van der Waals surface area contributed by atoms with Crippen molar-refractivity contribution >= 4 is 11.9 Å². The van der Waals surface area contributed by atoms with Crippen LogP contribution < -0.4 is 5.32 Å². The number of nitrogens with one attached hydrogen (secondary N) is 1. The molecule has 4 nitrogen and oxygen atoms in total. The Morgan fingerprint density at radius 1 is 1.78 bits per heavy atom. The molecule has 2 N–H and O–H groups in total. The number of hydrogen-bond acceptors (Lipinski definition) is 3. The monoisotopic (exact) mass is 129 g/mol. The molecule has 0 heterocycles. The summed E-state index contributed by atoms with van der Waals surface area (Å²) in [5.41, 5.74) is 0. The van der Waals surface area contributed by atoms with Crippen LogP contribution in [0.3, 0.4) is 0 Å². The van der Waals surface area contributed by atoms with E-state index in [1.54, 1.807) is 0 Å². The van der Waals surface area contributed by atoms with E-state index in [1.807, 2.05) is 0 Å². The molecule has 0 radical (unpaired) electrons. The van der Waals surface area contributed by atoms with E-state index in [-0.39, 0.29) is 13.1 Å². The van der Waals surface area contributed by atoms with Crippen LogP contribution in [0.25, 0.3) is 0 Å². The maximum absolute atomic E-state index is 9.79. The van der Waals surface area contributed by atoms with Gasteiger partial charge in [0.1, 0.15) is 5.94 Å². The van der Waals surface area contributed by atoms with E-state index >= 15 is 0 Å². The number of hydrogen-bond donors (Lipinski definition) is 2. The van der Waals surface area contributed by atoms with Crippen molar-refractivity contribution < 1.29 is 14.7 Å². The molecule has 50 valence electrons. The van der Waals surface area contributed by atoms with Gasteiger partial charge >= 0.3 is 5.97 Å². The van der Waals surface area contributed by atoms with Crippen LogP contribution in [0, 0.1) is 0 Å². The second-order valence-electron chi connectivity index (χ2n) is 1.35. The molecule has 0 aromatic carbocycles. The third kappa shape index (κ3) is 6.88.